The van der Waals surface area contributed by atoms with Crippen molar-refractivity contribution in [3.63, 3.8) is 0 Å². The molecule has 2 aromatic carbocycles. The van der Waals surface area contributed by atoms with Gasteiger partial charge in [0.05, 0.1) is 0 Å². The molecule has 8 heteroatoms. The predicted molar refractivity (Wildman–Crippen MR) is 95.8 cm³/mol. The number of hydrogen-bond acceptors (Lipinski definition) is 8. The number of nitrogens with two attached hydrogens (primary N) is 2. The topological polar surface area (TPSA) is 126 Å². The summed E-state index contributed by atoms with van der Waals surface area (Å²) < 4.78 is 10.4. The number of nitrogens with zero attached hydrogens (tertiary/aromatic N) is 3. The Hall–Kier alpha value is -3.68. The maximum Gasteiger partial charge on any atom is 0.344 e. The van der Waals surface area contributed by atoms with Gasteiger partial charge in [-0.1, -0.05) is 42.5 Å². The van der Waals surface area contributed by atoms with Gasteiger partial charge < -0.3 is 20.9 Å². The van der Waals surface area contributed by atoms with Crippen LogP contribution in [-0.4, -0.2) is 27.5 Å². The predicted octanol–water partition coefficient (Wildman–Crippen LogP) is 1.83. The molecule has 0 radical (unpaired) electrons. The van der Waals surface area contributed by atoms with Crippen molar-refractivity contribution >= 4 is 17.9 Å². The number of esters is 1. The number of anilines is 2. The lowest BCUT2D eigenvalue weighted by molar-refractivity contribution is -0.147. The van der Waals surface area contributed by atoms with E-state index in [-0.39, 0.29) is 30.9 Å². The fraction of sp³-hybridized carbons (Fsp3) is 0.111. The first-order chi connectivity index (χ1) is 12.6. The molecule has 0 atom stereocenters. The van der Waals surface area contributed by atoms with Crippen molar-refractivity contribution in [2.45, 2.75) is 6.61 Å². The van der Waals surface area contributed by atoms with Gasteiger partial charge >= 0.3 is 5.97 Å². The van der Waals surface area contributed by atoms with Crippen LogP contribution in [0.2, 0.25) is 0 Å². The van der Waals surface area contributed by atoms with E-state index < -0.39 is 5.97 Å². The number of carbonyl (C=O) groups is 1. The zero-order valence-corrected chi connectivity index (χ0v) is 13.8. The highest BCUT2D eigenvalue weighted by Gasteiger charge is 2.08. The summed E-state index contributed by atoms with van der Waals surface area (Å²) in [4.78, 5) is 23.0. The molecule has 1 aromatic heterocycles. The Morgan fingerprint density at radius 1 is 0.846 bits per heavy atom. The van der Waals surface area contributed by atoms with Crippen LogP contribution in [0.15, 0.2) is 54.6 Å². The van der Waals surface area contributed by atoms with Gasteiger partial charge in [0.2, 0.25) is 11.9 Å². The number of carbonyl (C=O) groups excluding carboxylic acids is 1. The molecule has 4 N–H and O–H groups in total. The van der Waals surface area contributed by atoms with Crippen molar-refractivity contribution < 1.29 is 14.3 Å². The van der Waals surface area contributed by atoms with E-state index in [9.17, 15) is 4.79 Å². The number of hydrogen-bond donors (Lipinski definition) is 2. The smallest absolute Gasteiger partial charge is 0.344 e. The Morgan fingerprint density at radius 3 is 2.12 bits per heavy atom. The molecule has 0 aliphatic rings. The maximum atomic E-state index is 11.8. The van der Waals surface area contributed by atoms with Gasteiger partial charge in [-0.25, -0.2) is 4.79 Å². The van der Waals surface area contributed by atoms with E-state index in [4.69, 9.17) is 20.9 Å². The molecule has 1 heterocycles. The SMILES string of the molecule is Nc1nc(N)nc(COC(=O)COc2ccc(-c3ccccc3)cc2)n1. The Bertz CT molecular complexity index is 865. The number of aromatic nitrogens is 3. The first-order valence-electron chi connectivity index (χ1n) is 7.80. The molecule has 0 amide bonds. The van der Waals surface area contributed by atoms with Crippen LogP contribution in [0.3, 0.4) is 0 Å². The molecule has 0 unspecified atom stereocenters. The minimum Gasteiger partial charge on any atom is -0.482 e. The molecular weight excluding hydrogens is 334 g/mol. The summed E-state index contributed by atoms with van der Waals surface area (Å²) in [6.45, 7) is -0.396. The second-order valence-corrected chi connectivity index (χ2v) is 5.31. The van der Waals surface area contributed by atoms with E-state index in [2.05, 4.69) is 15.0 Å². The van der Waals surface area contributed by atoms with Crippen molar-refractivity contribution in [3.8, 4) is 16.9 Å². The third-order valence-electron chi connectivity index (χ3n) is 3.40. The van der Waals surface area contributed by atoms with Gasteiger partial charge in [-0.05, 0) is 23.3 Å². The summed E-state index contributed by atoms with van der Waals surface area (Å²) in [5, 5.41) is 0. The van der Waals surface area contributed by atoms with Crippen LogP contribution in [0.4, 0.5) is 11.9 Å². The van der Waals surface area contributed by atoms with E-state index in [1.165, 1.54) is 0 Å². The van der Waals surface area contributed by atoms with Gasteiger partial charge in [-0.2, -0.15) is 15.0 Å². The molecule has 0 bridgehead atoms. The van der Waals surface area contributed by atoms with E-state index in [0.29, 0.717) is 5.75 Å². The largest absolute Gasteiger partial charge is 0.482 e. The lowest BCUT2D eigenvalue weighted by atomic mass is 10.1. The Kier molecular flexibility index (Phi) is 5.23. The molecule has 0 aliphatic carbocycles. The third-order valence-corrected chi connectivity index (χ3v) is 3.40. The molecular formula is C18H17N5O3. The van der Waals surface area contributed by atoms with Crippen molar-refractivity contribution in [1.29, 1.82) is 0 Å². The lowest BCUT2D eigenvalue weighted by Gasteiger charge is -2.08. The highest BCUT2D eigenvalue weighted by atomic mass is 16.6. The quantitative estimate of drug-likeness (QED) is 0.644. The average Bonchev–Trinajstić information content (AvgIpc) is 2.65. The normalized spacial score (nSPS) is 10.3. The van der Waals surface area contributed by atoms with Crippen LogP contribution in [-0.2, 0) is 16.1 Å². The van der Waals surface area contributed by atoms with Crippen molar-refractivity contribution in [3.05, 3.63) is 60.4 Å². The fourth-order valence-corrected chi connectivity index (χ4v) is 2.22. The number of nitrogen functional groups attached to an aromatic ring is 2. The van der Waals surface area contributed by atoms with E-state index in [1.54, 1.807) is 12.1 Å². The molecule has 26 heavy (non-hydrogen) atoms. The van der Waals surface area contributed by atoms with Crippen LogP contribution in [0.5, 0.6) is 5.75 Å². The maximum absolute atomic E-state index is 11.8. The van der Waals surface area contributed by atoms with E-state index in [1.807, 2.05) is 42.5 Å². The Morgan fingerprint density at radius 2 is 1.46 bits per heavy atom. The molecule has 0 saturated carbocycles. The summed E-state index contributed by atoms with van der Waals surface area (Å²) in [6.07, 6.45) is 0. The zero-order chi connectivity index (χ0) is 18.4. The number of benzene rings is 2. The van der Waals surface area contributed by atoms with Crippen LogP contribution >= 0.6 is 0 Å². The molecule has 132 valence electrons. The number of rotatable bonds is 6. The van der Waals surface area contributed by atoms with Crippen molar-refractivity contribution in [1.82, 2.24) is 15.0 Å². The second kappa shape index (κ2) is 7.93. The first kappa shape index (κ1) is 17.2. The van der Waals surface area contributed by atoms with E-state index in [0.717, 1.165) is 11.1 Å². The minimum atomic E-state index is -0.560. The molecule has 8 nitrogen and oxygen atoms in total. The van der Waals surface area contributed by atoms with Crippen LogP contribution in [0.25, 0.3) is 11.1 Å². The lowest BCUT2D eigenvalue weighted by Crippen LogP contribution is -2.16. The van der Waals surface area contributed by atoms with Gasteiger partial charge in [-0.15, -0.1) is 0 Å². The van der Waals surface area contributed by atoms with E-state index >= 15 is 0 Å². The standard InChI is InChI=1S/C18H17N5O3/c19-17-21-15(22-18(20)23-17)10-26-16(24)11-25-14-8-6-13(7-9-14)12-4-2-1-3-5-12/h1-9H,10-11H2,(H4,19,20,21,22,23). The van der Waals surface area contributed by atoms with Gasteiger partial charge in [0, 0.05) is 0 Å². The first-order valence-corrected chi connectivity index (χ1v) is 7.80. The third kappa shape index (κ3) is 4.67. The minimum absolute atomic E-state index is 0.0293. The second-order valence-electron chi connectivity index (χ2n) is 5.31. The Labute approximate surface area is 149 Å². The Balaban J connectivity index is 1.50. The summed E-state index contributed by atoms with van der Waals surface area (Å²) >= 11 is 0. The van der Waals surface area contributed by atoms with Gasteiger partial charge in [0.1, 0.15) is 5.75 Å². The van der Waals surface area contributed by atoms with Gasteiger partial charge in [0.25, 0.3) is 0 Å². The molecule has 3 aromatic rings. The van der Waals surface area contributed by atoms with Crippen molar-refractivity contribution in [2.24, 2.45) is 0 Å². The number of ether oxygens (including phenoxy) is 2. The molecule has 0 saturated heterocycles. The highest BCUT2D eigenvalue weighted by Crippen LogP contribution is 2.22. The summed E-state index contributed by atoms with van der Waals surface area (Å²) in [5.74, 6) is 0.122. The molecule has 0 fully saturated rings. The van der Waals surface area contributed by atoms with Crippen LogP contribution in [0.1, 0.15) is 5.82 Å². The van der Waals surface area contributed by atoms with Crippen LogP contribution in [0, 0.1) is 0 Å². The molecule has 0 spiro atoms. The summed E-state index contributed by atoms with van der Waals surface area (Å²) in [6, 6.07) is 17.4. The monoisotopic (exact) mass is 351 g/mol. The zero-order valence-electron chi connectivity index (χ0n) is 13.8. The van der Waals surface area contributed by atoms with Crippen LogP contribution < -0.4 is 16.2 Å². The van der Waals surface area contributed by atoms with Gasteiger partial charge in [-0.3, -0.25) is 0 Å². The van der Waals surface area contributed by atoms with Gasteiger partial charge in [0.15, 0.2) is 19.0 Å². The fourth-order valence-electron chi connectivity index (χ4n) is 2.22. The average molecular weight is 351 g/mol. The molecule has 0 aliphatic heterocycles. The summed E-state index contributed by atoms with van der Waals surface area (Å²) in [5.41, 5.74) is 13.1. The molecule has 3 rings (SSSR count). The van der Waals surface area contributed by atoms with Crippen molar-refractivity contribution in [2.75, 3.05) is 18.1 Å². The summed E-state index contributed by atoms with van der Waals surface area (Å²) in [7, 11) is 0. The highest BCUT2D eigenvalue weighted by molar-refractivity contribution is 5.71.